The quantitative estimate of drug-likeness (QED) is 0.123. The van der Waals surface area contributed by atoms with Crippen LogP contribution in [-0.2, 0) is 9.13 Å². The molecule has 0 N–H and O–H groups in total. The summed E-state index contributed by atoms with van der Waals surface area (Å²) in [5, 5.41) is 7.13. The van der Waals surface area contributed by atoms with Gasteiger partial charge in [-0.25, -0.2) is 0 Å². The van der Waals surface area contributed by atoms with Crippen LogP contribution in [0, 0.1) is 27.7 Å². The third-order valence-electron chi connectivity index (χ3n) is 10.9. The van der Waals surface area contributed by atoms with Gasteiger partial charge in [0.05, 0.1) is 0 Å². The maximum atomic E-state index is 15.6. The molecule has 0 atom stereocenters. The van der Waals surface area contributed by atoms with E-state index in [1.807, 2.05) is 161 Å². The summed E-state index contributed by atoms with van der Waals surface area (Å²) in [6.07, 6.45) is -0.0739. The second kappa shape index (κ2) is 15.5. The van der Waals surface area contributed by atoms with E-state index in [4.69, 9.17) is 9.47 Å². The maximum absolute atomic E-state index is 15.6. The van der Waals surface area contributed by atoms with E-state index >= 15 is 9.13 Å². The van der Waals surface area contributed by atoms with Crippen molar-refractivity contribution in [2.45, 2.75) is 27.7 Å². The van der Waals surface area contributed by atoms with Gasteiger partial charge in [-0.05, 0) is 83.6 Å². The average molecular weight is 771 g/mol. The van der Waals surface area contributed by atoms with Gasteiger partial charge in [0, 0.05) is 32.3 Å². The van der Waals surface area contributed by atoms with E-state index in [1.165, 1.54) is 0 Å². The minimum Gasteiger partial charge on any atom is -0.485 e. The Morgan fingerprint density at radius 3 is 0.964 bits per heavy atom. The molecular weight excluding hydrogens is 726 g/mol. The number of benzene rings is 8. The molecule has 0 radical (unpaired) electrons. The molecule has 0 aliphatic carbocycles. The van der Waals surface area contributed by atoms with E-state index in [0.29, 0.717) is 11.5 Å². The SMILES string of the molecule is Cc1ccccc1P(=O)(COc1ccc2ccccc2c1-c1c(OCP(=O)(c2ccccc2C)c2ccccc2C)ccc2ccccc12)c1ccccc1C. The highest BCUT2D eigenvalue weighted by Gasteiger charge is 2.34. The first-order valence-electron chi connectivity index (χ1n) is 18.9. The first kappa shape index (κ1) is 37.3. The van der Waals surface area contributed by atoms with Crippen LogP contribution in [0.25, 0.3) is 32.7 Å². The van der Waals surface area contributed by atoms with Crippen molar-refractivity contribution in [1.82, 2.24) is 0 Å². The number of hydrogen-bond acceptors (Lipinski definition) is 4. The number of rotatable bonds is 11. The highest BCUT2D eigenvalue weighted by Crippen LogP contribution is 2.51. The van der Waals surface area contributed by atoms with Crippen LogP contribution in [0.4, 0.5) is 0 Å². The van der Waals surface area contributed by atoms with E-state index in [1.54, 1.807) is 0 Å². The Morgan fingerprint density at radius 1 is 0.357 bits per heavy atom. The third-order valence-corrected chi connectivity index (χ3v) is 17.0. The summed E-state index contributed by atoms with van der Waals surface area (Å²) < 4.78 is 45.0. The van der Waals surface area contributed by atoms with E-state index in [2.05, 4.69) is 36.4 Å². The molecule has 0 spiro atoms. The summed E-state index contributed by atoms with van der Waals surface area (Å²) in [4.78, 5) is 0. The minimum absolute atomic E-state index is 0.0369. The Labute approximate surface area is 329 Å². The third kappa shape index (κ3) is 6.79. The molecular formula is C50H44O4P2. The van der Waals surface area contributed by atoms with Crippen molar-refractivity contribution in [3.63, 3.8) is 0 Å². The van der Waals surface area contributed by atoms with Gasteiger partial charge in [-0.15, -0.1) is 0 Å². The van der Waals surface area contributed by atoms with E-state index in [9.17, 15) is 0 Å². The molecule has 0 unspecified atom stereocenters. The van der Waals surface area contributed by atoms with Gasteiger partial charge in [-0.2, -0.15) is 0 Å². The van der Waals surface area contributed by atoms with Crippen LogP contribution >= 0.6 is 14.3 Å². The van der Waals surface area contributed by atoms with Gasteiger partial charge in [-0.3, -0.25) is 0 Å². The molecule has 0 bridgehead atoms. The zero-order valence-electron chi connectivity index (χ0n) is 32.1. The van der Waals surface area contributed by atoms with Crippen molar-refractivity contribution >= 4 is 57.0 Å². The molecule has 8 rings (SSSR count). The van der Waals surface area contributed by atoms with Gasteiger partial charge >= 0.3 is 0 Å². The van der Waals surface area contributed by atoms with Crippen molar-refractivity contribution in [1.29, 1.82) is 0 Å². The number of aryl methyl sites for hydroxylation is 4. The van der Waals surface area contributed by atoms with Crippen LogP contribution in [-0.4, -0.2) is 12.7 Å². The van der Waals surface area contributed by atoms with Gasteiger partial charge < -0.3 is 18.6 Å². The number of fused-ring (bicyclic) bond motifs is 2. The molecule has 278 valence electrons. The molecule has 6 heteroatoms. The highest BCUT2D eigenvalue weighted by atomic mass is 31.2. The smallest absolute Gasteiger partial charge is 0.179 e. The first-order chi connectivity index (χ1) is 27.2. The van der Waals surface area contributed by atoms with Crippen LogP contribution < -0.4 is 30.7 Å². The van der Waals surface area contributed by atoms with Crippen molar-refractivity contribution in [3.05, 3.63) is 192 Å². The van der Waals surface area contributed by atoms with Crippen molar-refractivity contribution in [2.75, 3.05) is 12.7 Å². The molecule has 8 aromatic carbocycles. The van der Waals surface area contributed by atoms with Gasteiger partial charge in [0.15, 0.2) is 14.3 Å². The first-order valence-corrected chi connectivity index (χ1v) is 22.7. The van der Waals surface area contributed by atoms with E-state index in [-0.39, 0.29) is 12.7 Å². The van der Waals surface area contributed by atoms with Crippen LogP contribution in [0.1, 0.15) is 22.3 Å². The Morgan fingerprint density at radius 2 is 0.643 bits per heavy atom. The zero-order valence-corrected chi connectivity index (χ0v) is 33.9. The maximum Gasteiger partial charge on any atom is 0.179 e. The van der Waals surface area contributed by atoms with E-state index in [0.717, 1.165) is 76.1 Å². The van der Waals surface area contributed by atoms with Crippen LogP contribution in [0.15, 0.2) is 170 Å². The predicted molar refractivity (Wildman–Crippen MR) is 236 cm³/mol. The Bertz CT molecular complexity index is 2550. The lowest BCUT2D eigenvalue weighted by molar-refractivity contribution is 0.376. The van der Waals surface area contributed by atoms with Gasteiger partial charge in [0.1, 0.15) is 24.2 Å². The molecule has 0 aliphatic heterocycles. The predicted octanol–water partition coefficient (Wildman–Crippen LogP) is 11.6. The highest BCUT2D eigenvalue weighted by molar-refractivity contribution is 7.79. The fourth-order valence-corrected chi connectivity index (χ4v) is 13.6. The van der Waals surface area contributed by atoms with Crippen molar-refractivity contribution in [2.24, 2.45) is 0 Å². The summed E-state index contributed by atoms with van der Waals surface area (Å²) in [7, 11) is -6.60. The lowest BCUT2D eigenvalue weighted by Crippen LogP contribution is -2.25. The molecule has 0 amide bonds. The molecule has 56 heavy (non-hydrogen) atoms. The number of hydrogen-bond donors (Lipinski definition) is 0. The topological polar surface area (TPSA) is 52.6 Å². The normalized spacial score (nSPS) is 11.9. The average Bonchev–Trinajstić information content (AvgIpc) is 3.22. The number of ether oxygens (including phenoxy) is 2. The van der Waals surface area contributed by atoms with Crippen molar-refractivity contribution < 1.29 is 18.6 Å². The largest absolute Gasteiger partial charge is 0.485 e. The Hall–Kier alpha value is -5.66. The monoisotopic (exact) mass is 770 g/mol. The summed E-state index contributed by atoms with van der Waals surface area (Å²) in [5.41, 5.74) is 5.49. The lowest BCUT2D eigenvalue weighted by Gasteiger charge is -2.26. The van der Waals surface area contributed by atoms with Gasteiger partial charge in [-0.1, -0.05) is 158 Å². The molecule has 8 aromatic rings. The minimum atomic E-state index is -3.30. The van der Waals surface area contributed by atoms with Crippen LogP contribution in [0.5, 0.6) is 11.5 Å². The van der Waals surface area contributed by atoms with E-state index < -0.39 is 14.3 Å². The fraction of sp³-hybridized carbons (Fsp3) is 0.120. The Kier molecular flexibility index (Phi) is 10.3. The molecule has 4 nitrogen and oxygen atoms in total. The van der Waals surface area contributed by atoms with Crippen LogP contribution in [0.3, 0.4) is 0 Å². The second-order valence-corrected chi connectivity index (χ2v) is 19.9. The van der Waals surface area contributed by atoms with Crippen LogP contribution in [0.2, 0.25) is 0 Å². The lowest BCUT2D eigenvalue weighted by atomic mass is 9.92. The molecule has 0 aliphatic rings. The molecule has 0 aromatic heterocycles. The molecule has 0 saturated heterocycles. The summed E-state index contributed by atoms with van der Waals surface area (Å²) >= 11 is 0. The van der Waals surface area contributed by atoms with Crippen molar-refractivity contribution in [3.8, 4) is 22.6 Å². The second-order valence-electron chi connectivity index (χ2n) is 14.5. The molecule has 0 saturated carbocycles. The molecule has 0 heterocycles. The standard InChI is InChI=1S/C50H44O4P2/c1-35-17-5-13-25-45(35)55(51,46-26-14-6-18-36(46)2)33-53-43-31-29-39-21-9-11-23-41(39)49(43)50-42-24-12-10-22-40(42)30-32-44(50)54-34-56(52,47-27-15-7-19-37(47)3)48-28-16-8-20-38(48)4/h5-32H,33-34H2,1-4H3. The summed E-state index contributed by atoms with van der Waals surface area (Å²) in [5.74, 6) is 1.18. The molecule has 0 fully saturated rings. The Balaban J connectivity index is 1.31. The van der Waals surface area contributed by atoms with Gasteiger partial charge in [0.25, 0.3) is 0 Å². The summed E-state index contributed by atoms with van der Waals surface area (Å²) in [6, 6.07) is 56.1. The van der Waals surface area contributed by atoms with Gasteiger partial charge in [0.2, 0.25) is 0 Å². The summed E-state index contributed by atoms with van der Waals surface area (Å²) in [6.45, 7) is 8.03. The fourth-order valence-electron chi connectivity index (χ4n) is 7.99. The zero-order chi connectivity index (χ0) is 38.9.